The van der Waals surface area contributed by atoms with E-state index < -0.39 is 58.6 Å². The molecular formula is C29H42O10. The molecule has 3 heterocycles. The predicted molar refractivity (Wildman–Crippen MR) is 136 cm³/mol. The van der Waals surface area contributed by atoms with E-state index in [1.54, 1.807) is 19.9 Å². The molecule has 11 unspecified atom stereocenters. The van der Waals surface area contributed by atoms with Crippen molar-refractivity contribution in [1.82, 2.24) is 0 Å². The molecule has 0 bridgehead atoms. The summed E-state index contributed by atoms with van der Waals surface area (Å²) in [4.78, 5) is 37.9. The van der Waals surface area contributed by atoms with Crippen LogP contribution < -0.4 is 0 Å². The maximum absolute atomic E-state index is 13.2. The number of carbonyl (C=O) groups excluding carboxylic acids is 3. The number of aliphatic hydroxyl groups excluding tert-OH is 1. The molecule has 5 rings (SSSR count). The standard InChI is InChI=1S/C29H42O10/c1-7-15(2)25(33)38-20-12-21(32)29(14-36-29)28(13-35-17(4)30)23(37-18(5)31)10-16(3)27(6,24(20)28)22-11-19-8-9-34-26(19)39-22/h7,16,19-24,26,32H,8-14H2,1-6H3. The van der Waals surface area contributed by atoms with Crippen molar-refractivity contribution in [3.8, 4) is 0 Å². The van der Waals surface area contributed by atoms with Crippen molar-refractivity contribution in [2.75, 3.05) is 19.8 Å². The van der Waals surface area contributed by atoms with Crippen LogP contribution in [0.25, 0.3) is 0 Å². The molecule has 0 aromatic carbocycles. The molecule has 10 nitrogen and oxygen atoms in total. The summed E-state index contributed by atoms with van der Waals surface area (Å²) in [5.41, 5.74) is -2.49. The molecule has 3 aliphatic heterocycles. The minimum absolute atomic E-state index is 0.0452. The van der Waals surface area contributed by atoms with Crippen LogP contribution in [0.1, 0.15) is 67.2 Å². The Hall–Kier alpha value is -2.01. The Labute approximate surface area is 229 Å². The zero-order valence-corrected chi connectivity index (χ0v) is 23.8. The average Bonchev–Trinajstić information content (AvgIpc) is 3.38. The van der Waals surface area contributed by atoms with Crippen molar-refractivity contribution in [3.05, 3.63) is 11.6 Å². The van der Waals surface area contributed by atoms with E-state index in [2.05, 4.69) is 13.8 Å². The van der Waals surface area contributed by atoms with Crippen LogP contribution in [0.15, 0.2) is 11.6 Å². The van der Waals surface area contributed by atoms with E-state index in [-0.39, 0.29) is 43.9 Å². The SMILES string of the molecule is CC=C(C)C(=O)OC1CC(O)C2(CO2)C2(COC(C)=O)C(OC(C)=O)CC(C)C(C)(C3CC4CCOC4O3)C12. The first-order valence-electron chi connectivity index (χ1n) is 14.1. The molecule has 5 fully saturated rings. The molecule has 5 aliphatic rings. The fraction of sp³-hybridized carbons (Fsp3) is 0.828. The summed E-state index contributed by atoms with van der Waals surface area (Å²) in [5, 5.41) is 11.6. The first kappa shape index (κ1) is 28.5. The molecule has 0 radical (unpaired) electrons. The van der Waals surface area contributed by atoms with Gasteiger partial charge >= 0.3 is 17.9 Å². The first-order chi connectivity index (χ1) is 18.4. The molecule has 1 N–H and O–H groups in total. The number of aliphatic hydroxyl groups is 1. The Morgan fingerprint density at radius 3 is 2.38 bits per heavy atom. The quantitative estimate of drug-likeness (QED) is 0.228. The predicted octanol–water partition coefficient (Wildman–Crippen LogP) is 2.69. The summed E-state index contributed by atoms with van der Waals surface area (Å²) in [6.07, 6.45) is 0.849. The number of fused-ring (bicyclic) bond motifs is 3. The van der Waals surface area contributed by atoms with Gasteiger partial charge in [0.1, 0.15) is 24.4 Å². The maximum Gasteiger partial charge on any atom is 0.333 e. The number of rotatable bonds is 6. The van der Waals surface area contributed by atoms with Gasteiger partial charge in [-0.15, -0.1) is 0 Å². The zero-order valence-electron chi connectivity index (χ0n) is 23.8. The van der Waals surface area contributed by atoms with Crippen LogP contribution in [-0.2, 0) is 42.8 Å². The summed E-state index contributed by atoms with van der Waals surface area (Å²) in [6.45, 7) is 11.1. The van der Waals surface area contributed by atoms with Crippen molar-refractivity contribution in [3.63, 3.8) is 0 Å². The van der Waals surface area contributed by atoms with Gasteiger partial charge in [0.15, 0.2) is 6.29 Å². The van der Waals surface area contributed by atoms with E-state index in [9.17, 15) is 19.5 Å². The summed E-state index contributed by atoms with van der Waals surface area (Å²) >= 11 is 0. The highest BCUT2D eigenvalue weighted by Gasteiger charge is 2.81. The molecule has 0 amide bonds. The van der Waals surface area contributed by atoms with Gasteiger partial charge in [-0.3, -0.25) is 9.59 Å². The van der Waals surface area contributed by atoms with Crippen LogP contribution in [-0.4, -0.2) is 79.1 Å². The molecule has 0 aromatic heterocycles. The summed E-state index contributed by atoms with van der Waals surface area (Å²) in [6, 6.07) is 0. The molecule has 11 atom stereocenters. The Morgan fingerprint density at radius 1 is 1.08 bits per heavy atom. The summed E-state index contributed by atoms with van der Waals surface area (Å²) in [7, 11) is 0. The van der Waals surface area contributed by atoms with Gasteiger partial charge in [-0.1, -0.05) is 19.9 Å². The van der Waals surface area contributed by atoms with E-state index in [1.807, 2.05) is 0 Å². The van der Waals surface area contributed by atoms with Gasteiger partial charge in [0.2, 0.25) is 0 Å². The second-order valence-corrected chi connectivity index (χ2v) is 12.4. The Balaban J connectivity index is 1.68. The Morgan fingerprint density at radius 2 is 1.79 bits per heavy atom. The lowest BCUT2D eigenvalue weighted by atomic mass is 9.41. The number of epoxide rings is 1. The fourth-order valence-corrected chi connectivity index (χ4v) is 8.25. The molecule has 2 saturated carbocycles. The van der Waals surface area contributed by atoms with Gasteiger partial charge in [0, 0.05) is 43.1 Å². The third-order valence-electron chi connectivity index (χ3n) is 10.5. The minimum atomic E-state index is -1.18. The van der Waals surface area contributed by atoms with Crippen molar-refractivity contribution in [2.24, 2.45) is 28.6 Å². The lowest BCUT2D eigenvalue weighted by Crippen LogP contribution is -2.75. The third kappa shape index (κ3) is 4.33. The molecule has 218 valence electrons. The van der Waals surface area contributed by atoms with Crippen LogP contribution in [0.2, 0.25) is 0 Å². The Kier molecular flexibility index (Phi) is 7.40. The van der Waals surface area contributed by atoms with Gasteiger partial charge in [-0.2, -0.15) is 0 Å². The van der Waals surface area contributed by atoms with Crippen molar-refractivity contribution < 1.29 is 47.9 Å². The van der Waals surface area contributed by atoms with E-state index in [0.717, 1.165) is 12.8 Å². The van der Waals surface area contributed by atoms with Crippen LogP contribution in [0.5, 0.6) is 0 Å². The van der Waals surface area contributed by atoms with Crippen LogP contribution in [0, 0.1) is 28.6 Å². The largest absolute Gasteiger partial charge is 0.465 e. The maximum atomic E-state index is 13.2. The van der Waals surface area contributed by atoms with Crippen LogP contribution in [0.4, 0.5) is 0 Å². The van der Waals surface area contributed by atoms with E-state index >= 15 is 0 Å². The molecular weight excluding hydrogens is 508 g/mol. The van der Waals surface area contributed by atoms with Crippen molar-refractivity contribution >= 4 is 17.9 Å². The molecule has 39 heavy (non-hydrogen) atoms. The van der Waals surface area contributed by atoms with Crippen molar-refractivity contribution in [2.45, 2.75) is 104 Å². The van der Waals surface area contributed by atoms with Gasteiger partial charge in [0.25, 0.3) is 0 Å². The van der Waals surface area contributed by atoms with E-state index in [4.69, 9.17) is 28.4 Å². The normalized spacial score (nSPS) is 46.8. The van der Waals surface area contributed by atoms with E-state index in [1.165, 1.54) is 13.8 Å². The van der Waals surface area contributed by atoms with E-state index in [0.29, 0.717) is 18.6 Å². The Bertz CT molecular complexity index is 1020. The number of allylic oxidation sites excluding steroid dienone is 1. The van der Waals surface area contributed by atoms with Crippen molar-refractivity contribution in [1.29, 1.82) is 0 Å². The van der Waals surface area contributed by atoms with Gasteiger partial charge in [-0.25, -0.2) is 4.79 Å². The highest BCUT2D eigenvalue weighted by molar-refractivity contribution is 5.87. The van der Waals surface area contributed by atoms with Gasteiger partial charge < -0.3 is 33.5 Å². The monoisotopic (exact) mass is 550 g/mol. The number of esters is 3. The molecule has 0 aromatic rings. The lowest BCUT2D eigenvalue weighted by molar-refractivity contribution is -0.292. The highest BCUT2D eigenvalue weighted by Crippen LogP contribution is 2.70. The first-order valence-corrected chi connectivity index (χ1v) is 14.1. The second kappa shape index (κ2) is 10.1. The second-order valence-electron chi connectivity index (χ2n) is 12.4. The van der Waals surface area contributed by atoms with Gasteiger partial charge in [0.05, 0.1) is 30.8 Å². The number of carbonyl (C=O) groups is 3. The molecule has 1 spiro atoms. The lowest BCUT2D eigenvalue weighted by Gasteiger charge is -2.65. The topological polar surface area (TPSA) is 130 Å². The summed E-state index contributed by atoms with van der Waals surface area (Å²) < 4.78 is 36.5. The number of hydrogen-bond donors (Lipinski definition) is 1. The highest BCUT2D eigenvalue weighted by atomic mass is 16.7. The number of ether oxygens (including phenoxy) is 6. The van der Waals surface area contributed by atoms with Gasteiger partial charge in [-0.05, 0) is 39.0 Å². The third-order valence-corrected chi connectivity index (χ3v) is 10.5. The molecule has 3 saturated heterocycles. The zero-order chi connectivity index (χ0) is 28.3. The average molecular weight is 551 g/mol. The minimum Gasteiger partial charge on any atom is -0.465 e. The molecule has 2 aliphatic carbocycles. The molecule has 10 heteroatoms. The smallest absolute Gasteiger partial charge is 0.333 e. The number of hydrogen-bond acceptors (Lipinski definition) is 10. The van der Waals surface area contributed by atoms with Crippen LogP contribution in [0.3, 0.4) is 0 Å². The van der Waals surface area contributed by atoms with Crippen LogP contribution >= 0.6 is 0 Å². The fourth-order valence-electron chi connectivity index (χ4n) is 8.25. The summed E-state index contributed by atoms with van der Waals surface area (Å²) in [5.74, 6) is -1.78.